The molecule has 78 valence electrons. The van der Waals surface area contributed by atoms with E-state index in [4.69, 9.17) is 4.98 Å². The number of hydrogen-bond donors (Lipinski definition) is 1. The van der Waals surface area contributed by atoms with Crippen molar-refractivity contribution in [3.8, 4) is 0 Å². The first-order valence-corrected chi connectivity index (χ1v) is 5.58. The second-order valence-corrected chi connectivity index (χ2v) is 3.96. The van der Waals surface area contributed by atoms with Gasteiger partial charge in [-0.25, -0.2) is 4.98 Å². The minimum atomic E-state index is 0.900. The lowest BCUT2D eigenvalue weighted by atomic mass is 10.2. The van der Waals surface area contributed by atoms with Gasteiger partial charge in [0.2, 0.25) is 0 Å². The number of aromatic nitrogens is 2. The Balaban J connectivity index is 2.29. The normalized spacial score (nSPS) is 14.7. The van der Waals surface area contributed by atoms with E-state index in [1.807, 2.05) is 7.05 Å². The first-order valence-electron chi connectivity index (χ1n) is 5.58. The van der Waals surface area contributed by atoms with Gasteiger partial charge in [0.05, 0.1) is 12.2 Å². The average molecular weight is 193 g/mol. The third-order valence-corrected chi connectivity index (χ3v) is 2.85. The minimum Gasteiger partial charge on any atom is -0.331 e. The molecule has 1 aliphatic heterocycles. The number of nitrogens with zero attached hydrogens (tertiary/aromatic N) is 2. The molecule has 0 bridgehead atoms. The Labute approximate surface area is 85.5 Å². The Hall–Kier alpha value is -0.830. The van der Waals surface area contributed by atoms with Gasteiger partial charge in [0, 0.05) is 12.2 Å². The van der Waals surface area contributed by atoms with Crippen molar-refractivity contribution in [2.24, 2.45) is 0 Å². The quantitative estimate of drug-likeness (QED) is 0.785. The SMILES string of the molecule is CCCc1nc(CNC)n2c1CCC2. The van der Waals surface area contributed by atoms with Gasteiger partial charge in [0.1, 0.15) is 5.82 Å². The lowest BCUT2D eigenvalue weighted by molar-refractivity contribution is 0.652. The largest absolute Gasteiger partial charge is 0.331 e. The van der Waals surface area contributed by atoms with Crippen LogP contribution in [0.15, 0.2) is 0 Å². The van der Waals surface area contributed by atoms with Crippen molar-refractivity contribution in [1.82, 2.24) is 14.9 Å². The standard InChI is InChI=1S/C11H19N3/c1-3-5-9-10-6-4-7-14(10)11(13-9)8-12-2/h12H,3-8H2,1-2H3. The Bertz CT molecular complexity index is 286. The molecule has 0 amide bonds. The van der Waals surface area contributed by atoms with Crippen LogP contribution in [-0.4, -0.2) is 16.6 Å². The number of aryl methyl sites for hydroxylation is 1. The number of fused-ring (bicyclic) bond motifs is 1. The van der Waals surface area contributed by atoms with Crippen molar-refractivity contribution in [1.29, 1.82) is 0 Å². The van der Waals surface area contributed by atoms with Gasteiger partial charge >= 0.3 is 0 Å². The van der Waals surface area contributed by atoms with Crippen LogP contribution in [0, 0.1) is 0 Å². The summed E-state index contributed by atoms with van der Waals surface area (Å²) in [6.45, 7) is 4.29. The summed E-state index contributed by atoms with van der Waals surface area (Å²) in [5.74, 6) is 1.23. The first kappa shape index (κ1) is 9.71. The Morgan fingerprint density at radius 2 is 2.36 bits per heavy atom. The summed E-state index contributed by atoms with van der Waals surface area (Å²) in [6.07, 6.45) is 4.86. The Kier molecular flexibility index (Phi) is 2.87. The maximum absolute atomic E-state index is 4.71. The van der Waals surface area contributed by atoms with E-state index in [0.717, 1.165) is 13.0 Å². The number of rotatable bonds is 4. The Morgan fingerprint density at radius 3 is 3.07 bits per heavy atom. The third kappa shape index (κ3) is 1.57. The Morgan fingerprint density at radius 1 is 1.50 bits per heavy atom. The fourth-order valence-corrected chi connectivity index (χ4v) is 2.27. The maximum Gasteiger partial charge on any atom is 0.123 e. The van der Waals surface area contributed by atoms with Gasteiger partial charge in [-0.1, -0.05) is 13.3 Å². The summed E-state index contributed by atoms with van der Waals surface area (Å²) in [4.78, 5) is 4.71. The smallest absolute Gasteiger partial charge is 0.123 e. The predicted molar refractivity (Wildman–Crippen MR) is 57.3 cm³/mol. The van der Waals surface area contributed by atoms with Gasteiger partial charge < -0.3 is 9.88 Å². The van der Waals surface area contributed by atoms with Crippen LogP contribution in [-0.2, 0) is 25.9 Å². The maximum atomic E-state index is 4.71. The molecule has 3 heteroatoms. The lowest BCUT2D eigenvalue weighted by Crippen LogP contribution is -2.11. The molecule has 1 N–H and O–H groups in total. The van der Waals surface area contributed by atoms with E-state index in [2.05, 4.69) is 16.8 Å². The number of imidazole rings is 1. The van der Waals surface area contributed by atoms with Crippen LogP contribution < -0.4 is 5.32 Å². The molecular weight excluding hydrogens is 174 g/mol. The molecule has 0 aromatic carbocycles. The van der Waals surface area contributed by atoms with E-state index in [0.29, 0.717) is 0 Å². The summed E-state index contributed by atoms with van der Waals surface area (Å²) < 4.78 is 2.40. The molecule has 14 heavy (non-hydrogen) atoms. The van der Waals surface area contributed by atoms with Crippen LogP contribution in [0.4, 0.5) is 0 Å². The van der Waals surface area contributed by atoms with E-state index in [1.54, 1.807) is 0 Å². The third-order valence-electron chi connectivity index (χ3n) is 2.85. The van der Waals surface area contributed by atoms with Crippen molar-refractivity contribution in [2.45, 2.75) is 45.7 Å². The van der Waals surface area contributed by atoms with Crippen LogP contribution in [0.2, 0.25) is 0 Å². The summed E-state index contributed by atoms with van der Waals surface area (Å²) in [5, 5.41) is 3.19. The topological polar surface area (TPSA) is 29.9 Å². The van der Waals surface area contributed by atoms with Gasteiger partial charge in [-0.05, 0) is 26.3 Å². The van der Waals surface area contributed by atoms with Crippen LogP contribution in [0.25, 0.3) is 0 Å². The van der Waals surface area contributed by atoms with Crippen LogP contribution in [0.1, 0.15) is 37.0 Å². The van der Waals surface area contributed by atoms with Gasteiger partial charge in [-0.2, -0.15) is 0 Å². The average Bonchev–Trinajstić information content (AvgIpc) is 2.72. The highest BCUT2D eigenvalue weighted by molar-refractivity contribution is 5.20. The van der Waals surface area contributed by atoms with Gasteiger partial charge in [-0.15, -0.1) is 0 Å². The highest BCUT2D eigenvalue weighted by atomic mass is 15.1. The number of nitrogens with one attached hydrogen (secondary N) is 1. The molecule has 1 aromatic heterocycles. The molecule has 1 aromatic rings. The van der Waals surface area contributed by atoms with Gasteiger partial charge in [0.25, 0.3) is 0 Å². The molecule has 0 fully saturated rings. The molecule has 2 heterocycles. The molecule has 1 aliphatic rings. The molecule has 0 unspecified atom stereocenters. The molecule has 0 radical (unpaired) electrons. The van der Waals surface area contributed by atoms with Gasteiger partial charge in [-0.3, -0.25) is 0 Å². The van der Waals surface area contributed by atoms with Crippen molar-refractivity contribution in [2.75, 3.05) is 7.05 Å². The molecule has 0 atom stereocenters. The lowest BCUT2D eigenvalue weighted by Gasteiger charge is -2.01. The van der Waals surface area contributed by atoms with Crippen molar-refractivity contribution >= 4 is 0 Å². The summed E-state index contributed by atoms with van der Waals surface area (Å²) in [6, 6.07) is 0. The molecule has 2 rings (SSSR count). The van der Waals surface area contributed by atoms with Crippen LogP contribution in [0.3, 0.4) is 0 Å². The molecular formula is C11H19N3. The van der Waals surface area contributed by atoms with Crippen LogP contribution >= 0.6 is 0 Å². The van der Waals surface area contributed by atoms with E-state index < -0.39 is 0 Å². The van der Waals surface area contributed by atoms with Gasteiger partial charge in [0.15, 0.2) is 0 Å². The highest BCUT2D eigenvalue weighted by Crippen LogP contribution is 2.22. The van der Waals surface area contributed by atoms with Crippen molar-refractivity contribution < 1.29 is 0 Å². The molecule has 0 saturated carbocycles. The summed E-state index contributed by atoms with van der Waals surface area (Å²) in [5.41, 5.74) is 2.84. The molecule has 3 nitrogen and oxygen atoms in total. The molecule has 0 saturated heterocycles. The zero-order valence-electron chi connectivity index (χ0n) is 9.14. The minimum absolute atomic E-state index is 0.900. The summed E-state index contributed by atoms with van der Waals surface area (Å²) >= 11 is 0. The fourth-order valence-electron chi connectivity index (χ4n) is 2.27. The first-order chi connectivity index (χ1) is 6.86. The second-order valence-electron chi connectivity index (χ2n) is 3.96. The number of hydrogen-bond acceptors (Lipinski definition) is 2. The zero-order valence-corrected chi connectivity index (χ0v) is 9.14. The summed E-state index contributed by atoms with van der Waals surface area (Å²) in [7, 11) is 1.98. The van der Waals surface area contributed by atoms with Crippen molar-refractivity contribution in [3.05, 3.63) is 17.2 Å². The monoisotopic (exact) mass is 193 g/mol. The highest BCUT2D eigenvalue weighted by Gasteiger charge is 2.19. The second kappa shape index (κ2) is 4.13. The van der Waals surface area contributed by atoms with Crippen LogP contribution in [0.5, 0.6) is 0 Å². The van der Waals surface area contributed by atoms with E-state index >= 15 is 0 Å². The van der Waals surface area contributed by atoms with E-state index in [9.17, 15) is 0 Å². The van der Waals surface area contributed by atoms with E-state index in [1.165, 1.54) is 43.0 Å². The molecule has 0 aliphatic carbocycles. The predicted octanol–water partition coefficient (Wildman–Crippen LogP) is 1.50. The van der Waals surface area contributed by atoms with Crippen molar-refractivity contribution in [3.63, 3.8) is 0 Å². The fraction of sp³-hybridized carbons (Fsp3) is 0.727. The zero-order chi connectivity index (χ0) is 9.97. The molecule has 0 spiro atoms. The van der Waals surface area contributed by atoms with E-state index in [-0.39, 0.29) is 0 Å².